The number of halogens is 2. The van der Waals surface area contributed by atoms with Crippen molar-refractivity contribution >= 4 is 39.1 Å². The van der Waals surface area contributed by atoms with Crippen LogP contribution in [0.25, 0.3) is 0 Å². The topological polar surface area (TPSA) is 86.8 Å². The van der Waals surface area contributed by atoms with E-state index in [1.165, 1.54) is 23.1 Å². The maximum atomic E-state index is 13.8. The van der Waals surface area contributed by atoms with Gasteiger partial charge in [-0.25, -0.2) is 12.8 Å². The molecule has 0 aliphatic rings. The van der Waals surface area contributed by atoms with E-state index in [4.69, 9.17) is 11.6 Å². The Hall–Kier alpha value is -2.65. The molecule has 0 radical (unpaired) electrons. The van der Waals surface area contributed by atoms with Crippen molar-refractivity contribution in [2.75, 3.05) is 23.7 Å². The maximum Gasteiger partial charge on any atom is 0.244 e. The van der Waals surface area contributed by atoms with Crippen molar-refractivity contribution in [3.63, 3.8) is 0 Å². The normalized spacial score (nSPS) is 12.2. The Morgan fingerprint density at radius 3 is 2.39 bits per heavy atom. The summed E-state index contributed by atoms with van der Waals surface area (Å²) in [5.74, 6) is -1.58. The highest BCUT2D eigenvalue weighted by Crippen LogP contribution is 2.22. The fourth-order valence-electron chi connectivity index (χ4n) is 3.34. The van der Waals surface area contributed by atoms with Gasteiger partial charge in [0.1, 0.15) is 18.4 Å². The number of amides is 2. The summed E-state index contributed by atoms with van der Waals surface area (Å²) in [6, 6.07) is 11.1. The van der Waals surface area contributed by atoms with E-state index in [0.717, 1.165) is 23.0 Å². The van der Waals surface area contributed by atoms with Crippen molar-refractivity contribution in [1.82, 2.24) is 10.2 Å². The fraction of sp³-hybridized carbons (Fsp3) is 0.391. The highest BCUT2D eigenvalue weighted by Gasteiger charge is 2.32. The van der Waals surface area contributed by atoms with Crippen molar-refractivity contribution in [1.29, 1.82) is 0 Å². The summed E-state index contributed by atoms with van der Waals surface area (Å²) in [6.07, 6.45) is 1.97. The van der Waals surface area contributed by atoms with Crippen molar-refractivity contribution in [2.24, 2.45) is 0 Å². The minimum Gasteiger partial charge on any atom is -0.354 e. The third-order valence-electron chi connectivity index (χ3n) is 5.01. The number of benzene rings is 2. The molecule has 10 heteroatoms. The van der Waals surface area contributed by atoms with Crippen molar-refractivity contribution in [3.05, 3.63) is 64.9 Å². The van der Waals surface area contributed by atoms with Crippen molar-refractivity contribution in [2.45, 2.75) is 39.3 Å². The Kier molecular flexibility index (Phi) is 9.67. The average molecular weight is 498 g/mol. The molecule has 2 rings (SSSR count). The van der Waals surface area contributed by atoms with E-state index >= 15 is 0 Å². The van der Waals surface area contributed by atoms with Crippen LogP contribution >= 0.6 is 11.6 Å². The summed E-state index contributed by atoms with van der Waals surface area (Å²) < 4.78 is 39.5. The highest BCUT2D eigenvalue weighted by molar-refractivity contribution is 7.92. The number of nitrogens with zero attached hydrogens (tertiary/aromatic N) is 2. The van der Waals surface area contributed by atoms with Crippen LogP contribution in [0.3, 0.4) is 0 Å². The number of hydrogen-bond donors (Lipinski definition) is 1. The van der Waals surface area contributed by atoms with Gasteiger partial charge in [0.25, 0.3) is 0 Å². The first kappa shape index (κ1) is 26.6. The van der Waals surface area contributed by atoms with Crippen LogP contribution in [0.2, 0.25) is 5.02 Å². The van der Waals surface area contributed by atoms with E-state index in [0.29, 0.717) is 23.6 Å². The van der Waals surface area contributed by atoms with Gasteiger partial charge in [0.05, 0.1) is 11.9 Å². The summed E-state index contributed by atoms with van der Waals surface area (Å²) in [5, 5.41) is 3.22. The first-order valence-corrected chi connectivity index (χ1v) is 12.8. The zero-order chi connectivity index (χ0) is 24.6. The standard InChI is InChI=1S/C23H29ClFN3O4S/c1-4-13-26-23(30)21(5-2)27(15-17-9-6-7-12-20(17)24)22(29)16-28(33(3,31)32)19-11-8-10-18(25)14-19/h6-12,14,21H,4-5,13,15-16H2,1-3H3,(H,26,30)/t21-/m1/s1. The smallest absolute Gasteiger partial charge is 0.244 e. The Bertz CT molecular complexity index is 1080. The van der Waals surface area contributed by atoms with E-state index in [1.54, 1.807) is 31.2 Å². The van der Waals surface area contributed by atoms with Crippen LogP contribution in [0.5, 0.6) is 0 Å². The molecule has 0 heterocycles. The lowest BCUT2D eigenvalue weighted by molar-refractivity contribution is -0.140. The van der Waals surface area contributed by atoms with Crippen LogP contribution in [0.1, 0.15) is 32.3 Å². The van der Waals surface area contributed by atoms with Gasteiger partial charge in [-0.05, 0) is 42.7 Å². The first-order chi connectivity index (χ1) is 15.6. The molecule has 2 aromatic rings. The summed E-state index contributed by atoms with van der Waals surface area (Å²) in [4.78, 5) is 27.6. The van der Waals surface area contributed by atoms with Crippen LogP contribution in [-0.2, 0) is 26.2 Å². The van der Waals surface area contributed by atoms with E-state index < -0.39 is 34.3 Å². The van der Waals surface area contributed by atoms with E-state index in [-0.39, 0.29) is 18.1 Å². The summed E-state index contributed by atoms with van der Waals surface area (Å²) in [6.45, 7) is 3.55. The van der Waals surface area contributed by atoms with Gasteiger partial charge in [0.2, 0.25) is 21.8 Å². The Labute approximate surface area is 199 Å². The molecule has 2 amide bonds. The Morgan fingerprint density at radius 2 is 1.82 bits per heavy atom. The second-order valence-electron chi connectivity index (χ2n) is 7.58. The lowest BCUT2D eigenvalue weighted by Gasteiger charge is -2.33. The van der Waals surface area contributed by atoms with Crippen LogP contribution < -0.4 is 9.62 Å². The minimum absolute atomic E-state index is 0.0112. The molecule has 1 atom stereocenters. The second-order valence-corrected chi connectivity index (χ2v) is 9.89. The zero-order valence-corrected chi connectivity index (χ0v) is 20.5. The van der Waals surface area contributed by atoms with Gasteiger partial charge in [-0.1, -0.05) is 49.7 Å². The molecule has 7 nitrogen and oxygen atoms in total. The van der Waals surface area contributed by atoms with E-state index in [9.17, 15) is 22.4 Å². The molecule has 0 aliphatic heterocycles. The van der Waals surface area contributed by atoms with Gasteiger partial charge in [0, 0.05) is 18.1 Å². The lowest BCUT2D eigenvalue weighted by atomic mass is 10.1. The van der Waals surface area contributed by atoms with Crippen molar-refractivity contribution < 1.29 is 22.4 Å². The third kappa shape index (κ3) is 7.43. The minimum atomic E-state index is -3.92. The molecule has 180 valence electrons. The Morgan fingerprint density at radius 1 is 1.12 bits per heavy atom. The molecule has 0 spiro atoms. The first-order valence-electron chi connectivity index (χ1n) is 10.6. The third-order valence-corrected chi connectivity index (χ3v) is 6.52. The number of nitrogens with one attached hydrogen (secondary N) is 1. The number of rotatable bonds is 11. The highest BCUT2D eigenvalue weighted by atomic mass is 35.5. The SMILES string of the molecule is CCCNC(=O)[C@@H](CC)N(Cc1ccccc1Cl)C(=O)CN(c1cccc(F)c1)S(C)(=O)=O. The van der Waals surface area contributed by atoms with Crippen molar-refractivity contribution in [3.8, 4) is 0 Å². The molecule has 0 bridgehead atoms. The van der Waals surface area contributed by atoms with Crippen LogP contribution in [0.15, 0.2) is 48.5 Å². The van der Waals surface area contributed by atoms with Gasteiger partial charge >= 0.3 is 0 Å². The molecular formula is C23H29ClFN3O4S. The van der Waals surface area contributed by atoms with Crippen LogP contribution in [0, 0.1) is 5.82 Å². The van der Waals surface area contributed by atoms with Gasteiger partial charge in [-0.15, -0.1) is 0 Å². The van der Waals surface area contributed by atoms with Gasteiger partial charge in [-0.3, -0.25) is 13.9 Å². The summed E-state index contributed by atoms with van der Waals surface area (Å²) >= 11 is 6.29. The average Bonchev–Trinajstić information content (AvgIpc) is 2.76. The van der Waals surface area contributed by atoms with Crippen LogP contribution in [-0.4, -0.2) is 50.5 Å². The number of carbonyl (C=O) groups excluding carboxylic acids is 2. The molecule has 0 aliphatic carbocycles. The molecule has 0 saturated heterocycles. The van der Waals surface area contributed by atoms with Gasteiger partial charge < -0.3 is 10.2 Å². The monoisotopic (exact) mass is 497 g/mol. The zero-order valence-electron chi connectivity index (χ0n) is 18.9. The number of anilines is 1. The summed E-state index contributed by atoms with van der Waals surface area (Å²) in [7, 11) is -3.92. The molecule has 0 unspecified atom stereocenters. The maximum absolute atomic E-state index is 13.8. The molecule has 33 heavy (non-hydrogen) atoms. The molecule has 1 N–H and O–H groups in total. The van der Waals surface area contributed by atoms with Gasteiger partial charge in [-0.2, -0.15) is 0 Å². The molecular weight excluding hydrogens is 469 g/mol. The predicted molar refractivity (Wildman–Crippen MR) is 128 cm³/mol. The summed E-state index contributed by atoms with van der Waals surface area (Å²) in [5.41, 5.74) is 0.637. The number of hydrogen-bond acceptors (Lipinski definition) is 4. The largest absolute Gasteiger partial charge is 0.354 e. The predicted octanol–water partition coefficient (Wildman–Crippen LogP) is 3.58. The quantitative estimate of drug-likeness (QED) is 0.514. The lowest BCUT2D eigenvalue weighted by Crippen LogP contribution is -2.52. The molecule has 2 aromatic carbocycles. The Balaban J connectivity index is 2.44. The van der Waals surface area contributed by atoms with E-state index in [2.05, 4.69) is 5.32 Å². The molecule has 0 fully saturated rings. The van der Waals surface area contributed by atoms with Crippen LogP contribution in [0.4, 0.5) is 10.1 Å². The van der Waals surface area contributed by atoms with Gasteiger partial charge in [0.15, 0.2) is 0 Å². The van der Waals surface area contributed by atoms with E-state index in [1.807, 2.05) is 6.92 Å². The molecule has 0 aromatic heterocycles. The number of carbonyl (C=O) groups is 2. The molecule has 0 saturated carbocycles. The number of sulfonamides is 1. The fourth-order valence-corrected chi connectivity index (χ4v) is 4.38. The second kappa shape index (κ2) is 12.0.